The molecule has 0 aromatic heterocycles. The number of ether oxygens (including phenoxy) is 1. The van der Waals surface area contributed by atoms with E-state index in [9.17, 15) is 9.59 Å². The van der Waals surface area contributed by atoms with Crippen LogP contribution in [-0.4, -0.2) is 24.0 Å². The van der Waals surface area contributed by atoms with E-state index in [0.717, 1.165) is 12.0 Å². The molecule has 5 nitrogen and oxygen atoms in total. The second-order valence-electron chi connectivity index (χ2n) is 7.77. The summed E-state index contributed by atoms with van der Waals surface area (Å²) in [6.45, 7) is 10.3. The van der Waals surface area contributed by atoms with E-state index in [-0.39, 0.29) is 23.5 Å². The largest absolute Gasteiger partial charge is 0.484 e. The van der Waals surface area contributed by atoms with E-state index in [1.165, 1.54) is 6.08 Å². The quantitative estimate of drug-likeness (QED) is 0.753. The number of carbonyl (C=O) groups is 2. The highest BCUT2D eigenvalue weighted by molar-refractivity contribution is 5.92. The molecule has 2 amide bonds. The van der Waals surface area contributed by atoms with Crippen molar-refractivity contribution < 1.29 is 14.3 Å². The number of hydrogen-bond acceptors (Lipinski definition) is 3. The first kappa shape index (κ1) is 19.7. The molecule has 0 aliphatic rings. The van der Waals surface area contributed by atoms with Gasteiger partial charge in [0.1, 0.15) is 5.75 Å². The summed E-state index contributed by atoms with van der Waals surface area (Å²) < 4.78 is 5.18. The molecule has 3 N–H and O–H groups in total. The van der Waals surface area contributed by atoms with E-state index in [0.29, 0.717) is 5.75 Å². The fourth-order valence-electron chi connectivity index (χ4n) is 2.75. The zero-order valence-electron chi connectivity index (χ0n) is 15.2. The second kappa shape index (κ2) is 7.99. The minimum absolute atomic E-state index is 0.127. The maximum Gasteiger partial charge on any atom is 0.255 e. The standard InChI is InChI=1S/C19H28N2O3/c1-18(2,3)13-19(4,5)21-17(23)11-8-14-6-9-15(10-7-14)24-12-16(20)22/h6-11H,12-13H2,1-5H3,(H2,20,22)(H,21,23)/b11-8+. The number of rotatable bonds is 7. The van der Waals surface area contributed by atoms with Crippen LogP contribution in [0.4, 0.5) is 0 Å². The molecule has 0 radical (unpaired) electrons. The lowest BCUT2D eigenvalue weighted by atomic mass is 9.82. The van der Waals surface area contributed by atoms with Gasteiger partial charge >= 0.3 is 0 Å². The highest BCUT2D eigenvalue weighted by atomic mass is 16.5. The number of nitrogens with two attached hydrogens (primary N) is 1. The van der Waals surface area contributed by atoms with Crippen LogP contribution in [0.15, 0.2) is 30.3 Å². The van der Waals surface area contributed by atoms with Gasteiger partial charge in [0, 0.05) is 11.6 Å². The van der Waals surface area contributed by atoms with Gasteiger partial charge in [0.25, 0.3) is 5.91 Å². The van der Waals surface area contributed by atoms with Crippen LogP contribution in [0.1, 0.15) is 46.6 Å². The monoisotopic (exact) mass is 332 g/mol. The molecule has 0 bridgehead atoms. The maximum atomic E-state index is 12.1. The average molecular weight is 332 g/mol. The number of carbonyl (C=O) groups excluding carboxylic acids is 2. The summed E-state index contributed by atoms with van der Waals surface area (Å²) in [5.41, 5.74) is 5.75. The molecule has 0 spiro atoms. The number of primary amides is 1. The molecule has 132 valence electrons. The zero-order valence-corrected chi connectivity index (χ0v) is 15.2. The fraction of sp³-hybridized carbons (Fsp3) is 0.474. The Kier molecular flexibility index (Phi) is 6.58. The molecular formula is C19H28N2O3. The lowest BCUT2D eigenvalue weighted by Gasteiger charge is -2.32. The highest BCUT2D eigenvalue weighted by Crippen LogP contribution is 2.26. The zero-order chi connectivity index (χ0) is 18.4. The normalized spacial score (nSPS) is 12.2. The molecule has 0 atom stereocenters. The molecule has 0 saturated heterocycles. The van der Waals surface area contributed by atoms with Crippen molar-refractivity contribution in [1.82, 2.24) is 5.32 Å². The predicted molar refractivity (Wildman–Crippen MR) is 96.5 cm³/mol. The van der Waals surface area contributed by atoms with E-state index >= 15 is 0 Å². The van der Waals surface area contributed by atoms with Crippen LogP contribution in [0, 0.1) is 5.41 Å². The van der Waals surface area contributed by atoms with Crippen molar-refractivity contribution in [3.8, 4) is 5.75 Å². The van der Waals surface area contributed by atoms with Gasteiger partial charge in [0.15, 0.2) is 6.61 Å². The first-order chi connectivity index (χ1) is 11.0. The van der Waals surface area contributed by atoms with E-state index in [4.69, 9.17) is 10.5 Å². The predicted octanol–water partition coefficient (Wildman–Crippen LogP) is 2.89. The lowest BCUT2D eigenvalue weighted by molar-refractivity contribution is -0.120. The van der Waals surface area contributed by atoms with Crippen LogP contribution in [0.25, 0.3) is 6.08 Å². The Hall–Kier alpha value is -2.30. The Morgan fingerprint density at radius 2 is 1.71 bits per heavy atom. The summed E-state index contributed by atoms with van der Waals surface area (Å²) in [5, 5.41) is 3.03. The first-order valence-corrected chi connectivity index (χ1v) is 7.98. The minimum Gasteiger partial charge on any atom is -0.484 e. The molecule has 0 unspecified atom stereocenters. The third kappa shape index (κ3) is 8.36. The van der Waals surface area contributed by atoms with Crippen molar-refractivity contribution >= 4 is 17.9 Å². The van der Waals surface area contributed by atoms with Crippen LogP contribution in [0.2, 0.25) is 0 Å². The van der Waals surface area contributed by atoms with Gasteiger partial charge in [-0.25, -0.2) is 0 Å². The number of amides is 2. The summed E-state index contributed by atoms with van der Waals surface area (Å²) in [7, 11) is 0. The third-order valence-corrected chi connectivity index (χ3v) is 3.12. The van der Waals surface area contributed by atoms with Gasteiger partial charge in [-0.15, -0.1) is 0 Å². The van der Waals surface area contributed by atoms with Crippen molar-refractivity contribution in [3.05, 3.63) is 35.9 Å². The van der Waals surface area contributed by atoms with Crippen LogP contribution >= 0.6 is 0 Å². The molecule has 1 aromatic rings. The van der Waals surface area contributed by atoms with Gasteiger partial charge in [0.05, 0.1) is 0 Å². The van der Waals surface area contributed by atoms with Gasteiger partial charge in [-0.05, 0) is 49.5 Å². The second-order valence-corrected chi connectivity index (χ2v) is 7.77. The van der Waals surface area contributed by atoms with Crippen molar-refractivity contribution in [2.75, 3.05) is 6.61 Å². The van der Waals surface area contributed by atoms with Gasteiger partial charge in [-0.1, -0.05) is 32.9 Å². The van der Waals surface area contributed by atoms with E-state index in [2.05, 4.69) is 26.1 Å². The topological polar surface area (TPSA) is 81.4 Å². The molecule has 0 aliphatic heterocycles. The lowest BCUT2D eigenvalue weighted by Crippen LogP contribution is -2.45. The Labute approximate surface area is 144 Å². The van der Waals surface area contributed by atoms with E-state index in [1.54, 1.807) is 30.3 Å². The third-order valence-electron chi connectivity index (χ3n) is 3.12. The van der Waals surface area contributed by atoms with Crippen molar-refractivity contribution in [1.29, 1.82) is 0 Å². The smallest absolute Gasteiger partial charge is 0.255 e. The van der Waals surface area contributed by atoms with Gasteiger partial charge in [0.2, 0.25) is 5.91 Å². The number of hydrogen-bond donors (Lipinski definition) is 2. The molecular weight excluding hydrogens is 304 g/mol. The molecule has 1 aromatic carbocycles. The van der Waals surface area contributed by atoms with Crippen molar-refractivity contribution in [3.63, 3.8) is 0 Å². The van der Waals surface area contributed by atoms with Crippen LogP contribution in [0.3, 0.4) is 0 Å². The van der Waals surface area contributed by atoms with E-state index < -0.39 is 5.91 Å². The van der Waals surface area contributed by atoms with Crippen molar-refractivity contribution in [2.24, 2.45) is 11.1 Å². The van der Waals surface area contributed by atoms with Gasteiger partial charge in [-0.3, -0.25) is 9.59 Å². The van der Waals surface area contributed by atoms with Crippen molar-refractivity contribution in [2.45, 2.75) is 46.6 Å². The summed E-state index contributed by atoms with van der Waals surface area (Å²) in [5.74, 6) is -0.0893. The first-order valence-electron chi connectivity index (χ1n) is 7.98. The fourth-order valence-corrected chi connectivity index (χ4v) is 2.75. The summed E-state index contributed by atoms with van der Waals surface area (Å²) in [4.78, 5) is 22.7. The molecule has 0 fully saturated rings. The Morgan fingerprint density at radius 1 is 1.12 bits per heavy atom. The Morgan fingerprint density at radius 3 is 2.21 bits per heavy atom. The number of benzene rings is 1. The number of nitrogens with one attached hydrogen (secondary N) is 1. The molecule has 5 heteroatoms. The van der Waals surface area contributed by atoms with E-state index in [1.807, 2.05) is 13.8 Å². The maximum absolute atomic E-state index is 12.1. The van der Waals surface area contributed by atoms with Crippen LogP contribution < -0.4 is 15.8 Å². The molecule has 0 saturated carbocycles. The summed E-state index contributed by atoms with van der Waals surface area (Å²) >= 11 is 0. The molecule has 0 heterocycles. The summed E-state index contributed by atoms with van der Waals surface area (Å²) in [6, 6.07) is 7.06. The van der Waals surface area contributed by atoms with Gasteiger partial charge < -0.3 is 15.8 Å². The minimum atomic E-state index is -0.520. The van der Waals surface area contributed by atoms with Crippen LogP contribution in [-0.2, 0) is 9.59 Å². The Bertz CT molecular complexity index is 596. The summed E-state index contributed by atoms with van der Waals surface area (Å²) in [6.07, 6.45) is 4.13. The van der Waals surface area contributed by atoms with Gasteiger partial charge in [-0.2, -0.15) is 0 Å². The average Bonchev–Trinajstić information content (AvgIpc) is 2.40. The highest BCUT2D eigenvalue weighted by Gasteiger charge is 2.26. The SMILES string of the molecule is CC(C)(C)CC(C)(C)NC(=O)/C=C/c1ccc(OCC(N)=O)cc1. The molecule has 1 rings (SSSR count). The van der Waals surface area contributed by atoms with Crippen LogP contribution in [0.5, 0.6) is 5.75 Å². The Balaban J connectivity index is 2.59. The molecule has 0 aliphatic carbocycles. The molecule has 24 heavy (non-hydrogen) atoms.